The summed E-state index contributed by atoms with van der Waals surface area (Å²) in [6.45, 7) is 0. The lowest BCUT2D eigenvalue weighted by molar-refractivity contribution is 0.649. The van der Waals surface area contributed by atoms with Crippen LogP contribution in [0.1, 0.15) is 27.8 Å². The van der Waals surface area contributed by atoms with Crippen molar-refractivity contribution in [1.29, 1.82) is 5.26 Å². The van der Waals surface area contributed by atoms with Crippen LogP contribution in [0.2, 0.25) is 0 Å². The highest BCUT2D eigenvalue weighted by atomic mass is 16.3. The number of imidazole rings is 1. The van der Waals surface area contributed by atoms with Gasteiger partial charge in [-0.05, 0) is 98.1 Å². The molecule has 0 spiro atoms. The third-order valence-electron chi connectivity index (χ3n) is 10.2. The minimum atomic E-state index is -0.571. The minimum absolute atomic E-state index is 0.571. The Labute approximate surface area is 282 Å². The molecule has 10 rings (SSSR count). The lowest BCUT2D eigenvalue weighted by Crippen LogP contribution is -2.28. The van der Waals surface area contributed by atoms with E-state index in [1.807, 2.05) is 28.7 Å². The molecule has 0 saturated heterocycles. The molecular formula is C45H27N3O. The van der Waals surface area contributed by atoms with Crippen LogP contribution in [0.3, 0.4) is 0 Å². The lowest BCUT2D eigenvalue weighted by atomic mass is 9.67. The predicted octanol–water partition coefficient (Wildman–Crippen LogP) is 10.8. The molecule has 0 amide bonds. The van der Waals surface area contributed by atoms with E-state index < -0.39 is 5.41 Å². The Morgan fingerprint density at radius 2 is 1.16 bits per heavy atom. The Hall–Kier alpha value is -6.70. The van der Waals surface area contributed by atoms with E-state index in [9.17, 15) is 5.26 Å². The highest BCUT2D eigenvalue weighted by molar-refractivity contribution is 6.03. The second-order valence-corrected chi connectivity index (χ2v) is 12.7. The van der Waals surface area contributed by atoms with Crippen LogP contribution in [0, 0.1) is 11.3 Å². The molecule has 0 atom stereocenters. The summed E-state index contributed by atoms with van der Waals surface area (Å²) >= 11 is 0. The van der Waals surface area contributed by atoms with Crippen molar-refractivity contribution < 1.29 is 4.42 Å². The molecule has 9 aromatic rings. The molecule has 0 N–H and O–H groups in total. The van der Waals surface area contributed by atoms with Crippen molar-refractivity contribution in [2.75, 3.05) is 0 Å². The first kappa shape index (κ1) is 27.4. The van der Waals surface area contributed by atoms with E-state index in [0.717, 1.165) is 61.2 Å². The smallest absolute Gasteiger partial charge is 0.232 e. The average Bonchev–Trinajstić information content (AvgIpc) is 3.81. The number of nitriles is 1. The van der Waals surface area contributed by atoms with Gasteiger partial charge in [0.1, 0.15) is 16.7 Å². The summed E-state index contributed by atoms with van der Waals surface area (Å²) in [5.74, 6) is 0. The third kappa shape index (κ3) is 3.94. The molecule has 3 aromatic heterocycles. The maximum absolute atomic E-state index is 9.95. The zero-order chi connectivity index (χ0) is 32.5. The fraction of sp³-hybridized carbons (Fsp3) is 0.0222. The first-order chi connectivity index (χ1) is 24.2. The Balaban J connectivity index is 1.11. The van der Waals surface area contributed by atoms with Crippen molar-refractivity contribution in [3.8, 4) is 39.4 Å². The minimum Gasteiger partial charge on any atom is -0.437 e. The fourth-order valence-electron chi connectivity index (χ4n) is 7.92. The maximum atomic E-state index is 9.95. The van der Waals surface area contributed by atoms with E-state index in [4.69, 9.17) is 9.40 Å². The average molecular weight is 626 g/mol. The number of hydrogen-bond acceptors (Lipinski definition) is 3. The topological polar surface area (TPSA) is 54.2 Å². The van der Waals surface area contributed by atoms with Crippen molar-refractivity contribution in [1.82, 2.24) is 9.38 Å². The van der Waals surface area contributed by atoms with Gasteiger partial charge in [0.2, 0.25) is 5.71 Å². The van der Waals surface area contributed by atoms with E-state index in [1.54, 1.807) is 0 Å². The largest absolute Gasteiger partial charge is 0.437 e. The highest BCUT2D eigenvalue weighted by Gasteiger charge is 2.46. The number of nitrogens with zero attached hydrogens (tertiary/aromatic N) is 3. The van der Waals surface area contributed by atoms with Crippen LogP contribution < -0.4 is 0 Å². The van der Waals surface area contributed by atoms with E-state index in [0.29, 0.717) is 5.56 Å². The second-order valence-electron chi connectivity index (χ2n) is 12.7. The first-order valence-corrected chi connectivity index (χ1v) is 16.4. The van der Waals surface area contributed by atoms with Gasteiger partial charge in [-0.15, -0.1) is 0 Å². The summed E-state index contributed by atoms with van der Waals surface area (Å²) in [4.78, 5) is 4.85. The van der Waals surface area contributed by atoms with Gasteiger partial charge in [0.15, 0.2) is 0 Å². The number of pyridine rings is 1. The highest BCUT2D eigenvalue weighted by Crippen LogP contribution is 2.57. The molecule has 1 aliphatic carbocycles. The Morgan fingerprint density at radius 3 is 1.88 bits per heavy atom. The van der Waals surface area contributed by atoms with E-state index in [2.05, 4.69) is 146 Å². The molecule has 0 radical (unpaired) electrons. The summed E-state index contributed by atoms with van der Waals surface area (Å²) in [7, 11) is 0. The third-order valence-corrected chi connectivity index (χ3v) is 10.2. The van der Waals surface area contributed by atoms with Crippen molar-refractivity contribution in [3.63, 3.8) is 0 Å². The van der Waals surface area contributed by atoms with Gasteiger partial charge in [0.25, 0.3) is 0 Å². The van der Waals surface area contributed by atoms with Crippen molar-refractivity contribution in [3.05, 3.63) is 192 Å². The predicted molar refractivity (Wildman–Crippen MR) is 195 cm³/mol. The number of hydrogen-bond donors (Lipinski definition) is 0. The Morgan fingerprint density at radius 1 is 0.571 bits per heavy atom. The molecule has 3 heterocycles. The molecule has 0 unspecified atom stereocenters. The first-order valence-electron chi connectivity index (χ1n) is 16.4. The van der Waals surface area contributed by atoms with Crippen LogP contribution in [-0.4, -0.2) is 9.38 Å². The second kappa shape index (κ2) is 10.4. The van der Waals surface area contributed by atoms with Crippen molar-refractivity contribution in [2.45, 2.75) is 5.41 Å². The molecule has 4 nitrogen and oxygen atoms in total. The van der Waals surface area contributed by atoms with Crippen LogP contribution in [0.4, 0.5) is 0 Å². The molecule has 0 bridgehead atoms. The van der Waals surface area contributed by atoms with E-state index in [1.165, 1.54) is 22.3 Å². The Bertz CT molecular complexity index is 2730. The summed E-state index contributed by atoms with van der Waals surface area (Å²) < 4.78 is 8.25. The molecule has 228 valence electrons. The molecule has 1 aliphatic rings. The molecule has 6 aromatic carbocycles. The maximum Gasteiger partial charge on any atom is 0.232 e. The van der Waals surface area contributed by atoms with Crippen molar-refractivity contribution >= 4 is 27.8 Å². The molecular weight excluding hydrogens is 599 g/mol. The van der Waals surface area contributed by atoms with Gasteiger partial charge in [-0.25, -0.2) is 4.98 Å². The molecule has 4 heteroatoms. The summed E-state index contributed by atoms with van der Waals surface area (Å²) in [5, 5.41) is 11.0. The van der Waals surface area contributed by atoms with Gasteiger partial charge < -0.3 is 4.42 Å². The van der Waals surface area contributed by atoms with E-state index >= 15 is 0 Å². The molecule has 0 aliphatic heterocycles. The molecule has 0 fully saturated rings. The van der Waals surface area contributed by atoms with Crippen molar-refractivity contribution in [2.24, 2.45) is 0 Å². The number of aromatic nitrogens is 2. The van der Waals surface area contributed by atoms with Gasteiger partial charge in [-0.1, -0.05) is 115 Å². The standard InChI is InChI=1S/C45H27N3O/c46-27-29-15-22-36-37-23-20-32(26-40(37)45(39(36)25-29,34-9-3-1-4-10-34)35-11-5-2-6-12-35)30-16-18-31(19-17-30)33-21-24-42-47-43-38-13-7-8-14-41(38)49-44(43)48(42)28-33/h1-26,28H. The molecule has 0 saturated carbocycles. The monoisotopic (exact) mass is 625 g/mol. The zero-order valence-electron chi connectivity index (χ0n) is 26.3. The number of furan rings is 1. The fourth-order valence-corrected chi connectivity index (χ4v) is 7.92. The van der Waals surface area contributed by atoms with Gasteiger partial charge >= 0.3 is 0 Å². The number of rotatable bonds is 4. The number of para-hydroxylation sites is 1. The Kier molecular flexibility index (Phi) is 5.82. The molecule has 49 heavy (non-hydrogen) atoms. The lowest BCUT2D eigenvalue weighted by Gasteiger charge is -2.34. The van der Waals surface area contributed by atoms with Gasteiger partial charge in [0.05, 0.1) is 17.0 Å². The summed E-state index contributed by atoms with van der Waals surface area (Å²) in [5.41, 5.74) is 15.0. The van der Waals surface area contributed by atoms with E-state index in [-0.39, 0.29) is 0 Å². The van der Waals surface area contributed by atoms with Crippen LogP contribution in [0.5, 0.6) is 0 Å². The number of benzene rings is 6. The summed E-state index contributed by atoms with van der Waals surface area (Å²) in [6.07, 6.45) is 2.11. The normalized spacial score (nSPS) is 13.0. The number of fused-ring (bicyclic) bond motifs is 8. The van der Waals surface area contributed by atoms with Gasteiger partial charge in [-0.2, -0.15) is 5.26 Å². The SMILES string of the molecule is N#Cc1ccc2c(c1)C(c1ccccc1)(c1ccccc1)c1cc(-c3ccc(-c4ccc5nc6c7ccccc7oc6n5c4)cc3)ccc1-2. The van der Waals surface area contributed by atoms with Crippen LogP contribution in [0.15, 0.2) is 168 Å². The summed E-state index contributed by atoms with van der Waals surface area (Å²) in [6, 6.07) is 57.7. The zero-order valence-corrected chi connectivity index (χ0v) is 26.3. The quantitative estimate of drug-likeness (QED) is 0.196. The van der Waals surface area contributed by atoms with Crippen LogP contribution in [-0.2, 0) is 5.41 Å². The van der Waals surface area contributed by atoms with Gasteiger partial charge in [-0.3, -0.25) is 4.40 Å². The van der Waals surface area contributed by atoms with Gasteiger partial charge in [0, 0.05) is 11.6 Å². The van der Waals surface area contributed by atoms with Crippen LogP contribution in [0.25, 0.3) is 61.2 Å². The van der Waals surface area contributed by atoms with Crippen LogP contribution >= 0.6 is 0 Å².